The van der Waals surface area contributed by atoms with Crippen molar-refractivity contribution in [3.63, 3.8) is 0 Å². The minimum Gasteiger partial charge on any atom is -0.392 e. The molecule has 0 aliphatic carbocycles. The van der Waals surface area contributed by atoms with Crippen LogP contribution >= 0.6 is 0 Å². The first-order valence-electron chi connectivity index (χ1n) is 3.48. The molecule has 3 heteroatoms. The molecule has 3 N–H and O–H groups in total. The molecule has 0 aliphatic heterocycles. The molecule has 0 radical (unpaired) electrons. The van der Waals surface area contributed by atoms with Gasteiger partial charge in [-0.1, -0.05) is 24.3 Å². The van der Waals surface area contributed by atoms with Crippen LogP contribution in [-0.4, -0.2) is 34.1 Å². The SMILES string of the molecule is CC(O)C(O)C=CC=CCO. The molecule has 0 saturated heterocycles. The third kappa shape index (κ3) is 5.79. The van der Waals surface area contributed by atoms with Crippen LogP contribution in [0, 0.1) is 0 Å². The van der Waals surface area contributed by atoms with Crippen molar-refractivity contribution in [3.05, 3.63) is 24.3 Å². The molecule has 0 aromatic carbocycles. The second kappa shape index (κ2) is 6.09. The first kappa shape index (κ1) is 10.4. The van der Waals surface area contributed by atoms with Gasteiger partial charge in [-0.2, -0.15) is 0 Å². The van der Waals surface area contributed by atoms with E-state index in [2.05, 4.69) is 0 Å². The molecule has 0 aromatic rings. The first-order valence-corrected chi connectivity index (χ1v) is 3.48. The van der Waals surface area contributed by atoms with Crippen molar-refractivity contribution in [1.29, 1.82) is 0 Å². The number of rotatable bonds is 4. The minimum atomic E-state index is -0.835. The first-order chi connectivity index (χ1) is 5.18. The molecule has 2 atom stereocenters. The summed E-state index contributed by atoms with van der Waals surface area (Å²) < 4.78 is 0. The minimum absolute atomic E-state index is 0.0187. The standard InChI is InChI=1S/C8H14O3/c1-7(10)8(11)5-3-2-4-6-9/h2-5,7-11H,6H2,1H3. The summed E-state index contributed by atoms with van der Waals surface area (Å²) in [4.78, 5) is 0. The number of hydrogen-bond acceptors (Lipinski definition) is 3. The average Bonchev–Trinajstić information content (AvgIpc) is 1.97. The lowest BCUT2D eigenvalue weighted by Crippen LogP contribution is -2.19. The van der Waals surface area contributed by atoms with E-state index in [0.29, 0.717) is 0 Å². The Bertz CT molecular complexity index is 138. The summed E-state index contributed by atoms with van der Waals surface area (Å²) in [7, 11) is 0. The highest BCUT2D eigenvalue weighted by Gasteiger charge is 2.03. The van der Waals surface area contributed by atoms with Gasteiger partial charge in [-0.25, -0.2) is 0 Å². The second-order valence-corrected chi connectivity index (χ2v) is 2.23. The normalized spacial score (nSPS) is 17.8. The highest BCUT2D eigenvalue weighted by atomic mass is 16.3. The maximum Gasteiger partial charge on any atom is 0.0980 e. The van der Waals surface area contributed by atoms with Gasteiger partial charge >= 0.3 is 0 Å². The van der Waals surface area contributed by atoms with Gasteiger partial charge in [-0.3, -0.25) is 0 Å². The van der Waals surface area contributed by atoms with Gasteiger partial charge in [0.2, 0.25) is 0 Å². The molecule has 0 heterocycles. The highest BCUT2D eigenvalue weighted by molar-refractivity contribution is 5.05. The van der Waals surface area contributed by atoms with E-state index in [0.717, 1.165) is 0 Å². The molecule has 0 rings (SSSR count). The van der Waals surface area contributed by atoms with Crippen LogP contribution in [0.25, 0.3) is 0 Å². The van der Waals surface area contributed by atoms with Gasteiger partial charge in [0, 0.05) is 0 Å². The van der Waals surface area contributed by atoms with Gasteiger partial charge in [0.15, 0.2) is 0 Å². The molecule has 11 heavy (non-hydrogen) atoms. The number of aliphatic hydroxyl groups excluding tert-OH is 3. The fraction of sp³-hybridized carbons (Fsp3) is 0.500. The predicted octanol–water partition coefficient (Wildman–Crippen LogP) is -0.167. The Kier molecular flexibility index (Phi) is 5.74. The van der Waals surface area contributed by atoms with E-state index in [1.54, 1.807) is 12.2 Å². The largest absolute Gasteiger partial charge is 0.392 e. The Hall–Kier alpha value is -0.640. The van der Waals surface area contributed by atoms with Gasteiger partial charge in [0.05, 0.1) is 18.8 Å². The molecular formula is C8H14O3. The molecule has 3 nitrogen and oxygen atoms in total. The molecule has 2 unspecified atom stereocenters. The summed E-state index contributed by atoms with van der Waals surface area (Å²) in [5.41, 5.74) is 0. The van der Waals surface area contributed by atoms with E-state index in [-0.39, 0.29) is 6.61 Å². The molecule has 0 spiro atoms. The number of aliphatic hydroxyl groups is 3. The van der Waals surface area contributed by atoms with Gasteiger partial charge in [-0.05, 0) is 6.92 Å². The van der Waals surface area contributed by atoms with E-state index < -0.39 is 12.2 Å². The van der Waals surface area contributed by atoms with E-state index in [4.69, 9.17) is 15.3 Å². The maximum absolute atomic E-state index is 8.99. The van der Waals surface area contributed by atoms with Crippen LogP contribution in [0.4, 0.5) is 0 Å². The molecule has 0 aromatic heterocycles. The van der Waals surface area contributed by atoms with Crippen molar-refractivity contribution >= 4 is 0 Å². The van der Waals surface area contributed by atoms with Crippen LogP contribution in [0.5, 0.6) is 0 Å². The summed E-state index contributed by atoms with van der Waals surface area (Å²) in [6.07, 6.45) is 4.58. The van der Waals surface area contributed by atoms with Gasteiger partial charge in [-0.15, -0.1) is 0 Å². The lowest BCUT2D eigenvalue weighted by Gasteiger charge is -2.06. The summed E-state index contributed by atoms with van der Waals surface area (Å²) in [6.45, 7) is 1.49. The Labute approximate surface area is 66.3 Å². The molecule has 0 aliphatic rings. The van der Waals surface area contributed by atoms with Gasteiger partial charge in [0.25, 0.3) is 0 Å². The van der Waals surface area contributed by atoms with E-state index in [1.165, 1.54) is 19.1 Å². The van der Waals surface area contributed by atoms with Crippen LogP contribution in [-0.2, 0) is 0 Å². The Balaban J connectivity index is 3.64. The summed E-state index contributed by atoms with van der Waals surface area (Å²) in [6, 6.07) is 0. The molecule has 0 fully saturated rings. The Morgan fingerprint density at radius 3 is 2.36 bits per heavy atom. The van der Waals surface area contributed by atoms with Crippen molar-refractivity contribution in [2.24, 2.45) is 0 Å². The zero-order chi connectivity index (χ0) is 8.69. The van der Waals surface area contributed by atoms with E-state index >= 15 is 0 Å². The summed E-state index contributed by atoms with van der Waals surface area (Å²) >= 11 is 0. The van der Waals surface area contributed by atoms with Crippen molar-refractivity contribution in [2.45, 2.75) is 19.1 Å². The fourth-order valence-electron chi connectivity index (χ4n) is 0.478. The third-order valence-corrected chi connectivity index (χ3v) is 1.16. The Morgan fingerprint density at radius 1 is 1.27 bits per heavy atom. The molecule has 0 amide bonds. The van der Waals surface area contributed by atoms with Crippen molar-refractivity contribution in [2.75, 3.05) is 6.61 Å². The summed E-state index contributed by atoms with van der Waals surface area (Å²) in [5, 5.41) is 26.1. The van der Waals surface area contributed by atoms with Crippen LogP contribution in [0.3, 0.4) is 0 Å². The highest BCUT2D eigenvalue weighted by Crippen LogP contribution is 1.93. The van der Waals surface area contributed by atoms with E-state index in [9.17, 15) is 0 Å². The lowest BCUT2D eigenvalue weighted by atomic mass is 10.2. The molecular weight excluding hydrogens is 144 g/mol. The third-order valence-electron chi connectivity index (χ3n) is 1.16. The van der Waals surface area contributed by atoms with Gasteiger partial charge < -0.3 is 15.3 Å². The molecule has 0 saturated carbocycles. The van der Waals surface area contributed by atoms with Crippen LogP contribution in [0.1, 0.15) is 6.92 Å². The topological polar surface area (TPSA) is 60.7 Å². The van der Waals surface area contributed by atoms with E-state index in [1.807, 2.05) is 0 Å². The summed E-state index contributed by atoms with van der Waals surface area (Å²) in [5.74, 6) is 0. The van der Waals surface area contributed by atoms with Crippen LogP contribution in [0.15, 0.2) is 24.3 Å². The van der Waals surface area contributed by atoms with Crippen molar-refractivity contribution in [3.8, 4) is 0 Å². The fourth-order valence-corrected chi connectivity index (χ4v) is 0.478. The quantitative estimate of drug-likeness (QED) is 0.498. The average molecular weight is 158 g/mol. The lowest BCUT2D eigenvalue weighted by molar-refractivity contribution is 0.0619. The van der Waals surface area contributed by atoms with Crippen LogP contribution in [0.2, 0.25) is 0 Å². The number of allylic oxidation sites excluding steroid dienone is 2. The zero-order valence-corrected chi connectivity index (χ0v) is 6.51. The Morgan fingerprint density at radius 2 is 1.91 bits per heavy atom. The number of hydrogen-bond donors (Lipinski definition) is 3. The molecule has 64 valence electrons. The zero-order valence-electron chi connectivity index (χ0n) is 6.51. The van der Waals surface area contributed by atoms with Gasteiger partial charge in [0.1, 0.15) is 0 Å². The maximum atomic E-state index is 8.99. The second-order valence-electron chi connectivity index (χ2n) is 2.23. The van der Waals surface area contributed by atoms with Crippen molar-refractivity contribution < 1.29 is 15.3 Å². The van der Waals surface area contributed by atoms with Crippen LogP contribution < -0.4 is 0 Å². The smallest absolute Gasteiger partial charge is 0.0980 e. The predicted molar refractivity (Wildman–Crippen MR) is 43.1 cm³/mol. The van der Waals surface area contributed by atoms with Crippen molar-refractivity contribution in [1.82, 2.24) is 0 Å². The molecule has 0 bridgehead atoms. The monoisotopic (exact) mass is 158 g/mol.